The molecule has 0 aliphatic heterocycles. The fourth-order valence-electron chi connectivity index (χ4n) is 2.05. The number of amides is 2. The van der Waals surface area contributed by atoms with Crippen molar-refractivity contribution >= 4 is 49.5 Å². The van der Waals surface area contributed by atoms with Gasteiger partial charge in [0.05, 0.1) is 0 Å². The summed E-state index contributed by atoms with van der Waals surface area (Å²) in [7, 11) is -4.75. The van der Waals surface area contributed by atoms with Crippen molar-refractivity contribution < 1.29 is 31.1 Å². The van der Waals surface area contributed by atoms with Gasteiger partial charge in [0.25, 0.3) is 15.1 Å². The molecule has 2 amide bonds. The zero-order chi connectivity index (χ0) is 22.0. The molecule has 0 radical (unpaired) electrons. The van der Waals surface area contributed by atoms with E-state index in [2.05, 4.69) is 20.0 Å². The van der Waals surface area contributed by atoms with Crippen LogP contribution in [0.2, 0.25) is 5.02 Å². The summed E-state index contributed by atoms with van der Waals surface area (Å²) >= 11 is 7.74. The van der Waals surface area contributed by atoms with Crippen LogP contribution in [0.15, 0.2) is 29.2 Å². The van der Waals surface area contributed by atoms with Crippen LogP contribution in [0.1, 0.15) is 11.4 Å². The number of alkyl halides is 4. The van der Waals surface area contributed by atoms with Gasteiger partial charge in [-0.05, 0) is 54.0 Å². The minimum Gasteiger partial charge on any atom is -0.428 e. The topological polar surface area (TPSA) is 110 Å². The predicted octanol–water partition coefficient (Wildman–Crippen LogP) is 3.92. The molecule has 0 spiro atoms. The molecular formula is C15H13BrClF3N4O4S. The van der Waals surface area contributed by atoms with Gasteiger partial charge in [0.15, 0.2) is 0 Å². The van der Waals surface area contributed by atoms with E-state index in [-0.39, 0.29) is 11.0 Å². The quantitative estimate of drug-likeness (QED) is 0.562. The molecule has 2 aromatic rings. The zero-order valence-corrected chi connectivity index (χ0v) is 17.9. The molecule has 8 nitrogen and oxygen atoms in total. The highest BCUT2D eigenvalue weighted by Crippen LogP contribution is 2.34. The van der Waals surface area contributed by atoms with E-state index in [9.17, 15) is 26.4 Å². The number of carbonyl (C=O) groups excluding carboxylic acids is 1. The van der Waals surface area contributed by atoms with Crippen molar-refractivity contribution in [3.8, 4) is 5.75 Å². The molecule has 0 aliphatic rings. The Hall–Kier alpha value is -2.12. The van der Waals surface area contributed by atoms with Crippen molar-refractivity contribution in [2.45, 2.75) is 29.9 Å². The Balaban J connectivity index is 2.30. The van der Waals surface area contributed by atoms with Crippen molar-refractivity contribution in [2.24, 2.45) is 0 Å². The highest BCUT2D eigenvalue weighted by atomic mass is 79.9. The van der Waals surface area contributed by atoms with Crippen molar-refractivity contribution in [3.63, 3.8) is 0 Å². The van der Waals surface area contributed by atoms with Crippen LogP contribution in [-0.4, -0.2) is 35.6 Å². The fraction of sp³-hybridized carbons (Fsp3) is 0.267. The number of hydrogen-bond acceptors (Lipinski definition) is 6. The van der Waals surface area contributed by atoms with Gasteiger partial charge in [0, 0.05) is 16.4 Å². The summed E-state index contributed by atoms with van der Waals surface area (Å²) in [4.78, 5) is 18.9. The van der Waals surface area contributed by atoms with Crippen molar-refractivity contribution in [2.75, 3.05) is 5.32 Å². The number of sulfonamides is 1. The number of aryl methyl sites for hydroxylation is 2. The van der Waals surface area contributed by atoms with Crippen LogP contribution >= 0.6 is 27.5 Å². The SMILES string of the molecule is Cc1cc(C)nc(NC(=O)NS(=O)(=O)c2cc(Cl)ccc2OC(F)(F)C(F)Br)n1. The second kappa shape index (κ2) is 8.71. The summed E-state index contributed by atoms with van der Waals surface area (Å²) in [5.74, 6) is -1.10. The van der Waals surface area contributed by atoms with Crippen molar-refractivity contribution in [3.05, 3.63) is 40.7 Å². The predicted molar refractivity (Wildman–Crippen MR) is 102 cm³/mol. The summed E-state index contributed by atoms with van der Waals surface area (Å²) in [5.41, 5.74) is 1.03. The molecule has 1 unspecified atom stereocenters. The number of benzene rings is 1. The fourth-order valence-corrected chi connectivity index (χ4v) is 3.45. The number of nitrogens with zero attached hydrogens (tertiary/aromatic N) is 2. The number of ether oxygens (including phenoxy) is 1. The molecule has 14 heteroatoms. The van der Waals surface area contributed by atoms with Crippen LogP contribution in [0.3, 0.4) is 0 Å². The van der Waals surface area contributed by atoms with Gasteiger partial charge in [0.1, 0.15) is 10.6 Å². The molecule has 2 N–H and O–H groups in total. The number of carbonyl (C=O) groups is 1. The second-order valence-electron chi connectivity index (χ2n) is 5.59. The molecule has 29 heavy (non-hydrogen) atoms. The normalized spacial score (nSPS) is 12.9. The van der Waals surface area contributed by atoms with E-state index in [4.69, 9.17) is 11.6 Å². The van der Waals surface area contributed by atoms with Gasteiger partial charge in [-0.25, -0.2) is 32.3 Å². The maximum atomic E-state index is 13.5. The average Bonchev–Trinajstić information content (AvgIpc) is 2.54. The first kappa shape index (κ1) is 23.2. The minimum absolute atomic E-state index is 0.158. The molecule has 0 bridgehead atoms. The molecule has 0 fully saturated rings. The summed E-state index contributed by atoms with van der Waals surface area (Å²) < 4.78 is 70.8. The summed E-state index contributed by atoms with van der Waals surface area (Å²) in [5, 5.41) is -0.966. The Morgan fingerprint density at radius 1 is 1.24 bits per heavy atom. The lowest BCUT2D eigenvalue weighted by Gasteiger charge is -2.20. The third-order valence-corrected chi connectivity index (χ3v) is 5.25. The Kier molecular flexibility index (Phi) is 6.96. The lowest BCUT2D eigenvalue weighted by molar-refractivity contribution is -0.196. The van der Waals surface area contributed by atoms with Crippen LogP contribution < -0.4 is 14.8 Å². The second-order valence-corrected chi connectivity index (χ2v) is 8.48. The molecular weight excluding hydrogens is 505 g/mol. The lowest BCUT2D eigenvalue weighted by atomic mass is 10.3. The van der Waals surface area contributed by atoms with Gasteiger partial charge in [-0.2, -0.15) is 8.78 Å². The highest BCUT2D eigenvalue weighted by molar-refractivity contribution is 9.09. The average molecular weight is 518 g/mol. The lowest BCUT2D eigenvalue weighted by Crippen LogP contribution is -2.36. The molecule has 1 aromatic carbocycles. The molecule has 2 rings (SSSR count). The van der Waals surface area contributed by atoms with Gasteiger partial charge in [-0.3, -0.25) is 5.32 Å². The number of aromatic nitrogens is 2. The molecule has 1 atom stereocenters. The van der Waals surface area contributed by atoms with Gasteiger partial charge in [0.2, 0.25) is 5.95 Å². The first-order valence-electron chi connectivity index (χ1n) is 7.61. The Bertz CT molecular complexity index is 1020. The van der Waals surface area contributed by atoms with E-state index in [1.165, 1.54) is 0 Å². The van der Waals surface area contributed by atoms with Crippen LogP contribution in [0.5, 0.6) is 5.75 Å². The Morgan fingerprint density at radius 3 is 2.38 bits per heavy atom. The van der Waals surface area contributed by atoms with Crippen LogP contribution in [0, 0.1) is 13.8 Å². The van der Waals surface area contributed by atoms with E-state index in [1.54, 1.807) is 24.6 Å². The van der Waals surface area contributed by atoms with E-state index >= 15 is 0 Å². The van der Waals surface area contributed by atoms with Gasteiger partial charge < -0.3 is 4.74 Å². The van der Waals surface area contributed by atoms with E-state index in [0.717, 1.165) is 18.2 Å². The smallest absolute Gasteiger partial charge is 0.428 e. The van der Waals surface area contributed by atoms with Gasteiger partial charge >= 0.3 is 12.1 Å². The van der Waals surface area contributed by atoms with Crippen LogP contribution in [0.25, 0.3) is 0 Å². The molecule has 0 saturated heterocycles. The van der Waals surface area contributed by atoms with Crippen LogP contribution in [0.4, 0.5) is 23.9 Å². The minimum atomic E-state index is -4.75. The summed E-state index contributed by atoms with van der Waals surface area (Å²) in [6, 6.07) is 2.97. The maximum Gasteiger partial charge on any atom is 0.440 e. The maximum absolute atomic E-state index is 13.5. The van der Waals surface area contributed by atoms with E-state index < -0.39 is 37.9 Å². The zero-order valence-electron chi connectivity index (χ0n) is 14.7. The van der Waals surface area contributed by atoms with E-state index in [0.29, 0.717) is 11.4 Å². The number of urea groups is 1. The van der Waals surface area contributed by atoms with E-state index in [1.807, 2.05) is 15.9 Å². The largest absolute Gasteiger partial charge is 0.440 e. The summed E-state index contributed by atoms with van der Waals surface area (Å²) in [6.45, 7) is 3.26. The number of hydrogen-bond donors (Lipinski definition) is 2. The number of nitrogens with one attached hydrogen (secondary N) is 2. The third-order valence-electron chi connectivity index (χ3n) is 3.13. The number of rotatable bonds is 6. The third kappa shape index (κ3) is 6.18. The summed E-state index contributed by atoms with van der Waals surface area (Å²) in [6.07, 6.45) is -4.40. The van der Waals surface area contributed by atoms with Crippen molar-refractivity contribution in [1.82, 2.24) is 14.7 Å². The Morgan fingerprint density at radius 2 is 1.83 bits per heavy atom. The first-order chi connectivity index (χ1) is 13.3. The number of anilines is 1. The molecule has 1 heterocycles. The number of halogens is 5. The monoisotopic (exact) mass is 516 g/mol. The highest BCUT2D eigenvalue weighted by Gasteiger charge is 2.43. The molecule has 1 aromatic heterocycles. The standard InChI is InChI=1S/C15H13BrClF3N4O4S/c1-7-5-8(2)22-13(21-7)23-14(25)24-29(26,27)11-6-9(17)3-4-10(11)28-15(19,20)12(16)18/h3-6,12H,1-2H3,(H2,21,22,23,24,25). The van der Waals surface area contributed by atoms with Crippen LogP contribution in [-0.2, 0) is 10.0 Å². The van der Waals surface area contributed by atoms with Gasteiger partial charge in [-0.1, -0.05) is 11.6 Å². The molecule has 0 aliphatic carbocycles. The molecule has 158 valence electrons. The Labute approximate surface area is 177 Å². The first-order valence-corrected chi connectivity index (χ1v) is 10.4. The van der Waals surface area contributed by atoms with Gasteiger partial charge in [-0.15, -0.1) is 0 Å². The molecule has 0 saturated carbocycles. The van der Waals surface area contributed by atoms with Crippen molar-refractivity contribution in [1.29, 1.82) is 0 Å².